The summed E-state index contributed by atoms with van der Waals surface area (Å²) in [5.74, 6) is 6.07. The van der Waals surface area contributed by atoms with Crippen molar-refractivity contribution in [2.45, 2.75) is 44.7 Å². The summed E-state index contributed by atoms with van der Waals surface area (Å²) in [4.78, 5) is 6.50. The maximum absolute atomic E-state index is 9.26. The van der Waals surface area contributed by atoms with E-state index in [0.29, 0.717) is 11.9 Å². The Kier molecular flexibility index (Phi) is 5.57. The molecule has 0 bridgehead atoms. The lowest BCUT2D eigenvalue weighted by atomic mass is 9.94. The molecule has 1 fully saturated rings. The van der Waals surface area contributed by atoms with Crippen molar-refractivity contribution in [2.75, 3.05) is 18.6 Å². The van der Waals surface area contributed by atoms with Crippen molar-refractivity contribution in [3.63, 3.8) is 0 Å². The summed E-state index contributed by atoms with van der Waals surface area (Å²) >= 11 is 0. The maximum Gasteiger partial charge on any atom is 0.140 e. The number of hydrogen-bond donors (Lipinski definition) is 3. The number of nitrogens with one attached hydrogen (secondary N) is 1. The summed E-state index contributed by atoms with van der Waals surface area (Å²) in [7, 11) is 0. The highest BCUT2D eigenvalue weighted by atomic mass is 16.3. The third-order valence-electron chi connectivity index (χ3n) is 3.84. The largest absolute Gasteiger partial charge is 0.395 e. The molecule has 0 spiro atoms. The Morgan fingerprint density at radius 3 is 2.84 bits per heavy atom. The molecule has 1 aliphatic rings. The zero-order chi connectivity index (χ0) is 13.5. The third-order valence-corrected chi connectivity index (χ3v) is 3.84. The van der Waals surface area contributed by atoms with Crippen molar-refractivity contribution >= 4 is 5.82 Å². The van der Waals surface area contributed by atoms with Gasteiger partial charge in [0.25, 0.3) is 0 Å². The minimum Gasteiger partial charge on any atom is -0.395 e. The molecule has 1 aliphatic carbocycles. The van der Waals surface area contributed by atoms with Crippen LogP contribution in [0, 0.1) is 0 Å². The van der Waals surface area contributed by atoms with E-state index in [1.807, 2.05) is 12.1 Å². The van der Waals surface area contributed by atoms with Crippen LogP contribution in [0.1, 0.15) is 37.7 Å². The van der Waals surface area contributed by atoms with E-state index in [1.165, 1.54) is 37.7 Å². The first-order valence-electron chi connectivity index (χ1n) is 7.10. The number of nitrogen functional groups attached to an aromatic ring is 1. The number of hydrazine groups is 1. The Bertz CT molecular complexity index is 379. The molecule has 0 saturated heterocycles. The lowest BCUT2D eigenvalue weighted by molar-refractivity contribution is 0.117. The van der Waals surface area contributed by atoms with E-state index in [1.54, 1.807) is 6.20 Å². The van der Waals surface area contributed by atoms with Gasteiger partial charge in [-0.15, -0.1) is 0 Å². The summed E-state index contributed by atoms with van der Waals surface area (Å²) in [6, 6.07) is 4.57. The number of nitrogens with two attached hydrogens (primary N) is 1. The Morgan fingerprint density at radius 1 is 1.37 bits per heavy atom. The number of aromatic nitrogens is 1. The predicted molar refractivity (Wildman–Crippen MR) is 76.4 cm³/mol. The third kappa shape index (κ3) is 4.16. The van der Waals surface area contributed by atoms with Crippen LogP contribution in [-0.4, -0.2) is 34.2 Å². The standard InChI is InChI=1S/C14H24N4O/c15-17-14-10-12(6-7-16-14)11-18(8-9-19)13-4-2-1-3-5-13/h6-7,10,13,19H,1-5,8-9,11,15H2,(H,16,17). The lowest BCUT2D eigenvalue weighted by Crippen LogP contribution is -2.38. The van der Waals surface area contributed by atoms with E-state index in [2.05, 4.69) is 15.3 Å². The van der Waals surface area contributed by atoms with Crippen LogP contribution in [0.5, 0.6) is 0 Å². The zero-order valence-corrected chi connectivity index (χ0v) is 11.4. The fourth-order valence-corrected chi connectivity index (χ4v) is 2.85. The van der Waals surface area contributed by atoms with Crippen LogP contribution in [0.2, 0.25) is 0 Å². The molecule has 0 aromatic carbocycles. The fraction of sp³-hybridized carbons (Fsp3) is 0.643. The number of aliphatic hydroxyl groups is 1. The van der Waals surface area contributed by atoms with Gasteiger partial charge in [0, 0.05) is 25.3 Å². The summed E-state index contributed by atoms with van der Waals surface area (Å²) in [6.07, 6.45) is 8.21. The number of nitrogens with zero attached hydrogens (tertiary/aromatic N) is 2. The first-order chi connectivity index (χ1) is 9.33. The van der Waals surface area contributed by atoms with Crippen molar-refractivity contribution < 1.29 is 5.11 Å². The SMILES string of the molecule is NNc1cc(CN(CCO)C2CCCCC2)ccn1. The van der Waals surface area contributed by atoms with Crippen LogP contribution in [0.15, 0.2) is 18.3 Å². The van der Waals surface area contributed by atoms with E-state index in [9.17, 15) is 5.11 Å². The average molecular weight is 264 g/mol. The summed E-state index contributed by atoms with van der Waals surface area (Å²) in [5.41, 5.74) is 3.76. The van der Waals surface area contributed by atoms with Gasteiger partial charge in [-0.2, -0.15) is 0 Å². The summed E-state index contributed by atoms with van der Waals surface area (Å²) in [5, 5.41) is 9.26. The molecule has 5 nitrogen and oxygen atoms in total. The van der Waals surface area contributed by atoms with Gasteiger partial charge in [-0.05, 0) is 30.5 Å². The van der Waals surface area contributed by atoms with Gasteiger partial charge in [0.1, 0.15) is 5.82 Å². The second-order valence-electron chi connectivity index (χ2n) is 5.18. The van der Waals surface area contributed by atoms with E-state index < -0.39 is 0 Å². The quantitative estimate of drug-likeness (QED) is 0.536. The molecule has 0 aliphatic heterocycles. The smallest absolute Gasteiger partial charge is 0.140 e. The number of rotatable bonds is 6. The minimum atomic E-state index is 0.212. The molecule has 1 aromatic heterocycles. The average Bonchev–Trinajstić information content (AvgIpc) is 2.48. The summed E-state index contributed by atoms with van der Waals surface area (Å²) < 4.78 is 0. The fourth-order valence-electron chi connectivity index (χ4n) is 2.85. The van der Waals surface area contributed by atoms with Gasteiger partial charge in [0.15, 0.2) is 0 Å². The van der Waals surface area contributed by atoms with Gasteiger partial charge in [-0.1, -0.05) is 19.3 Å². The van der Waals surface area contributed by atoms with Crippen molar-refractivity contribution in [3.8, 4) is 0 Å². The van der Waals surface area contributed by atoms with Gasteiger partial charge in [0.2, 0.25) is 0 Å². The first kappa shape index (κ1) is 14.2. The van der Waals surface area contributed by atoms with Crippen LogP contribution < -0.4 is 11.3 Å². The molecule has 0 atom stereocenters. The van der Waals surface area contributed by atoms with Crippen LogP contribution in [0.4, 0.5) is 5.82 Å². The Labute approximate surface area is 114 Å². The van der Waals surface area contributed by atoms with E-state index in [4.69, 9.17) is 5.84 Å². The molecule has 19 heavy (non-hydrogen) atoms. The second-order valence-corrected chi connectivity index (χ2v) is 5.18. The van der Waals surface area contributed by atoms with Gasteiger partial charge >= 0.3 is 0 Å². The maximum atomic E-state index is 9.26. The van der Waals surface area contributed by atoms with Crippen LogP contribution in [0.3, 0.4) is 0 Å². The molecule has 1 heterocycles. The summed E-state index contributed by atoms with van der Waals surface area (Å²) in [6.45, 7) is 1.80. The molecule has 1 saturated carbocycles. The van der Waals surface area contributed by atoms with E-state index in [-0.39, 0.29) is 6.61 Å². The Hall–Kier alpha value is -1.17. The van der Waals surface area contributed by atoms with Crippen molar-refractivity contribution in [1.29, 1.82) is 0 Å². The topological polar surface area (TPSA) is 74.4 Å². The number of pyridine rings is 1. The molecule has 5 heteroatoms. The van der Waals surface area contributed by atoms with Gasteiger partial charge in [0.05, 0.1) is 6.61 Å². The molecule has 106 valence electrons. The molecule has 0 amide bonds. The van der Waals surface area contributed by atoms with Crippen LogP contribution in [-0.2, 0) is 6.54 Å². The highest BCUT2D eigenvalue weighted by Crippen LogP contribution is 2.24. The lowest BCUT2D eigenvalue weighted by Gasteiger charge is -2.34. The second kappa shape index (κ2) is 7.43. The highest BCUT2D eigenvalue weighted by Gasteiger charge is 2.20. The van der Waals surface area contributed by atoms with Gasteiger partial charge in [-0.3, -0.25) is 4.90 Å². The molecular formula is C14H24N4O. The monoisotopic (exact) mass is 264 g/mol. The van der Waals surface area contributed by atoms with Crippen LogP contribution >= 0.6 is 0 Å². The highest BCUT2D eigenvalue weighted by molar-refractivity contribution is 5.35. The zero-order valence-electron chi connectivity index (χ0n) is 11.4. The number of anilines is 1. The van der Waals surface area contributed by atoms with E-state index in [0.717, 1.165) is 13.1 Å². The molecule has 4 N–H and O–H groups in total. The normalized spacial score (nSPS) is 16.8. The van der Waals surface area contributed by atoms with Gasteiger partial charge in [-0.25, -0.2) is 10.8 Å². The Balaban J connectivity index is 2.01. The Morgan fingerprint density at radius 2 is 2.16 bits per heavy atom. The molecule has 2 rings (SSSR count). The molecule has 0 unspecified atom stereocenters. The van der Waals surface area contributed by atoms with Gasteiger partial charge < -0.3 is 10.5 Å². The minimum absolute atomic E-state index is 0.212. The number of aliphatic hydroxyl groups excluding tert-OH is 1. The van der Waals surface area contributed by atoms with Crippen LogP contribution in [0.25, 0.3) is 0 Å². The predicted octanol–water partition coefficient (Wildman–Crippen LogP) is 1.49. The molecule has 0 radical (unpaired) electrons. The van der Waals surface area contributed by atoms with Crippen molar-refractivity contribution in [1.82, 2.24) is 9.88 Å². The molecular weight excluding hydrogens is 240 g/mol. The molecule has 1 aromatic rings. The first-order valence-corrected chi connectivity index (χ1v) is 7.10. The van der Waals surface area contributed by atoms with Crippen molar-refractivity contribution in [2.24, 2.45) is 5.84 Å². The van der Waals surface area contributed by atoms with E-state index >= 15 is 0 Å². The van der Waals surface area contributed by atoms with Crippen molar-refractivity contribution in [3.05, 3.63) is 23.9 Å². The number of hydrogen-bond acceptors (Lipinski definition) is 5.